The van der Waals surface area contributed by atoms with Gasteiger partial charge in [0.1, 0.15) is 6.61 Å². The number of hydrogen-bond acceptors (Lipinski definition) is 4. The Labute approximate surface area is 106 Å². The van der Waals surface area contributed by atoms with Crippen LogP contribution in [-0.4, -0.2) is 17.1 Å². The molecule has 0 bridgehead atoms. The minimum atomic E-state index is -0.432. The zero-order valence-electron chi connectivity index (χ0n) is 9.51. The minimum absolute atomic E-state index is 0. The fourth-order valence-electron chi connectivity index (χ4n) is 1.42. The van der Waals surface area contributed by atoms with Crippen molar-refractivity contribution in [3.8, 4) is 5.75 Å². The molecule has 5 nitrogen and oxygen atoms in total. The Morgan fingerprint density at radius 2 is 2.18 bits per heavy atom. The van der Waals surface area contributed by atoms with Crippen molar-refractivity contribution in [2.45, 2.75) is 25.3 Å². The summed E-state index contributed by atoms with van der Waals surface area (Å²) in [5, 5.41) is 10.8. The average Bonchev–Trinajstić information content (AvgIpc) is 2.95. The van der Waals surface area contributed by atoms with Gasteiger partial charge in [-0.2, -0.15) is 0 Å². The lowest BCUT2D eigenvalue weighted by molar-refractivity contribution is -0.385. The Kier molecular flexibility index (Phi) is 3.95. The quantitative estimate of drug-likeness (QED) is 0.663. The largest absolute Gasteiger partial charge is 0.485 e. The predicted octanol–water partition coefficient (Wildman–Crippen LogP) is 2.20. The second-order valence-corrected chi connectivity index (χ2v) is 4.38. The van der Waals surface area contributed by atoms with Crippen LogP contribution in [0.3, 0.4) is 0 Å². The van der Waals surface area contributed by atoms with E-state index in [0.717, 1.165) is 18.4 Å². The molecule has 2 rings (SSSR count). The van der Waals surface area contributed by atoms with Gasteiger partial charge in [-0.15, -0.1) is 12.4 Å². The van der Waals surface area contributed by atoms with Crippen LogP contribution in [0.1, 0.15) is 18.4 Å². The van der Waals surface area contributed by atoms with E-state index >= 15 is 0 Å². The van der Waals surface area contributed by atoms with Crippen molar-refractivity contribution in [1.82, 2.24) is 0 Å². The summed E-state index contributed by atoms with van der Waals surface area (Å²) in [7, 11) is 0. The van der Waals surface area contributed by atoms with E-state index in [1.807, 2.05) is 6.92 Å². The molecule has 1 aliphatic rings. The van der Waals surface area contributed by atoms with E-state index in [1.165, 1.54) is 6.07 Å². The van der Waals surface area contributed by atoms with Gasteiger partial charge in [0.05, 0.1) is 10.5 Å². The first-order valence-electron chi connectivity index (χ1n) is 5.17. The smallest absolute Gasteiger partial charge is 0.311 e. The van der Waals surface area contributed by atoms with E-state index in [4.69, 9.17) is 10.5 Å². The van der Waals surface area contributed by atoms with Crippen LogP contribution < -0.4 is 10.5 Å². The number of ether oxygens (including phenoxy) is 1. The fraction of sp³-hybridized carbons (Fsp3) is 0.455. The lowest BCUT2D eigenvalue weighted by Crippen LogP contribution is -2.29. The molecule has 1 aromatic rings. The molecule has 0 spiro atoms. The molecule has 0 amide bonds. The van der Waals surface area contributed by atoms with Crippen LogP contribution in [0.2, 0.25) is 0 Å². The maximum absolute atomic E-state index is 10.8. The number of benzene rings is 1. The van der Waals surface area contributed by atoms with E-state index < -0.39 is 4.92 Å². The van der Waals surface area contributed by atoms with Crippen molar-refractivity contribution in [2.75, 3.05) is 6.61 Å². The maximum atomic E-state index is 10.8. The van der Waals surface area contributed by atoms with E-state index in [1.54, 1.807) is 12.1 Å². The molecule has 1 fully saturated rings. The Morgan fingerprint density at radius 1 is 1.53 bits per heavy atom. The average molecular weight is 259 g/mol. The summed E-state index contributed by atoms with van der Waals surface area (Å²) in [4.78, 5) is 10.4. The highest BCUT2D eigenvalue weighted by atomic mass is 35.5. The third-order valence-electron chi connectivity index (χ3n) is 2.72. The van der Waals surface area contributed by atoms with Gasteiger partial charge in [0.25, 0.3) is 0 Å². The summed E-state index contributed by atoms with van der Waals surface area (Å²) < 4.78 is 5.41. The second kappa shape index (κ2) is 4.89. The van der Waals surface area contributed by atoms with Gasteiger partial charge in [0.15, 0.2) is 5.75 Å². The van der Waals surface area contributed by atoms with Crippen molar-refractivity contribution in [3.05, 3.63) is 33.9 Å². The van der Waals surface area contributed by atoms with E-state index in [0.29, 0.717) is 12.4 Å². The Balaban J connectivity index is 0.00000144. The zero-order valence-corrected chi connectivity index (χ0v) is 10.3. The first-order valence-corrected chi connectivity index (χ1v) is 5.17. The van der Waals surface area contributed by atoms with Gasteiger partial charge < -0.3 is 10.5 Å². The van der Waals surface area contributed by atoms with Gasteiger partial charge >= 0.3 is 5.69 Å². The van der Waals surface area contributed by atoms with Crippen LogP contribution >= 0.6 is 12.4 Å². The number of hydrogen-bond donors (Lipinski definition) is 1. The van der Waals surface area contributed by atoms with Crippen LogP contribution in [0.4, 0.5) is 5.69 Å². The number of rotatable bonds is 4. The van der Waals surface area contributed by atoms with Crippen molar-refractivity contribution < 1.29 is 9.66 Å². The highest BCUT2D eigenvalue weighted by Crippen LogP contribution is 2.34. The number of nitro benzene ring substituents is 1. The highest BCUT2D eigenvalue weighted by Gasteiger charge is 2.39. The van der Waals surface area contributed by atoms with Gasteiger partial charge in [-0.3, -0.25) is 10.1 Å². The van der Waals surface area contributed by atoms with Crippen LogP contribution in [0.15, 0.2) is 18.2 Å². The first-order chi connectivity index (χ1) is 7.50. The van der Waals surface area contributed by atoms with Crippen LogP contribution in [-0.2, 0) is 0 Å². The van der Waals surface area contributed by atoms with Crippen molar-refractivity contribution in [2.24, 2.45) is 5.73 Å². The molecule has 6 heteroatoms. The molecule has 1 aromatic carbocycles. The van der Waals surface area contributed by atoms with Crippen LogP contribution in [0, 0.1) is 17.0 Å². The topological polar surface area (TPSA) is 78.4 Å². The molecule has 0 aromatic heterocycles. The third kappa shape index (κ3) is 3.31. The molecule has 2 N–H and O–H groups in total. The standard InChI is InChI=1S/C11H14N2O3.ClH/c1-8-2-3-10(9(6-8)13(14)15)16-7-11(12)4-5-11;/h2-3,6H,4-5,7,12H2,1H3;1H. The normalized spacial score (nSPS) is 15.9. The number of aryl methyl sites for hydroxylation is 1. The van der Waals surface area contributed by atoms with Gasteiger partial charge in [-0.05, 0) is 31.4 Å². The lowest BCUT2D eigenvalue weighted by Gasteiger charge is -2.11. The molecule has 0 saturated heterocycles. The molecule has 0 heterocycles. The van der Waals surface area contributed by atoms with E-state index in [2.05, 4.69) is 0 Å². The van der Waals surface area contributed by atoms with Gasteiger partial charge in [-0.1, -0.05) is 6.07 Å². The maximum Gasteiger partial charge on any atom is 0.311 e. The SMILES string of the molecule is Cc1ccc(OCC2(N)CC2)c([N+](=O)[O-])c1.Cl. The van der Waals surface area contributed by atoms with Crippen molar-refractivity contribution in [1.29, 1.82) is 0 Å². The third-order valence-corrected chi connectivity index (χ3v) is 2.72. The molecule has 1 aliphatic carbocycles. The van der Waals surface area contributed by atoms with Crippen molar-refractivity contribution >= 4 is 18.1 Å². The number of nitrogens with two attached hydrogens (primary N) is 1. The van der Waals surface area contributed by atoms with Crippen LogP contribution in [0.5, 0.6) is 5.75 Å². The number of nitro groups is 1. The summed E-state index contributed by atoms with van der Waals surface area (Å²) in [5.74, 6) is 0.298. The van der Waals surface area contributed by atoms with Crippen LogP contribution in [0.25, 0.3) is 0 Å². The minimum Gasteiger partial charge on any atom is -0.485 e. The van der Waals surface area contributed by atoms with Crippen molar-refractivity contribution in [3.63, 3.8) is 0 Å². The number of halogens is 1. The molecule has 0 unspecified atom stereocenters. The molecular weight excluding hydrogens is 244 g/mol. The number of nitrogens with zero attached hydrogens (tertiary/aromatic N) is 1. The molecule has 94 valence electrons. The van der Waals surface area contributed by atoms with E-state index in [-0.39, 0.29) is 23.6 Å². The fourth-order valence-corrected chi connectivity index (χ4v) is 1.42. The first kappa shape index (κ1) is 13.7. The second-order valence-electron chi connectivity index (χ2n) is 4.38. The van der Waals surface area contributed by atoms with E-state index in [9.17, 15) is 10.1 Å². The molecular formula is C11H15ClN2O3. The summed E-state index contributed by atoms with van der Waals surface area (Å²) in [6.45, 7) is 2.15. The summed E-state index contributed by atoms with van der Waals surface area (Å²) in [5.41, 5.74) is 6.44. The molecule has 0 atom stereocenters. The Bertz CT molecular complexity index is 433. The zero-order chi connectivity index (χ0) is 11.8. The molecule has 1 saturated carbocycles. The Morgan fingerprint density at radius 3 is 2.71 bits per heavy atom. The van der Waals surface area contributed by atoms with Gasteiger partial charge in [0.2, 0.25) is 0 Å². The summed E-state index contributed by atoms with van der Waals surface area (Å²) >= 11 is 0. The summed E-state index contributed by atoms with van der Waals surface area (Å²) in [6.07, 6.45) is 1.85. The monoisotopic (exact) mass is 258 g/mol. The molecule has 0 radical (unpaired) electrons. The van der Waals surface area contributed by atoms with Gasteiger partial charge in [0, 0.05) is 6.07 Å². The summed E-state index contributed by atoms with van der Waals surface area (Å²) in [6, 6.07) is 4.92. The highest BCUT2D eigenvalue weighted by molar-refractivity contribution is 5.85. The lowest BCUT2D eigenvalue weighted by atomic mass is 10.2. The predicted molar refractivity (Wildman–Crippen MR) is 66.7 cm³/mol. The van der Waals surface area contributed by atoms with Gasteiger partial charge in [-0.25, -0.2) is 0 Å². The Hall–Kier alpha value is -1.33. The molecule has 17 heavy (non-hydrogen) atoms. The molecule has 0 aliphatic heterocycles.